The molecule has 30 heavy (non-hydrogen) atoms. The van der Waals surface area contributed by atoms with Crippen LogP contribution in [0.1, 0.15) is 5.56 Å². The first-order valence-electron chi connectivity index (χ1n) is 9.79. The molecule has 8 nitrogen and oxygen atoms in total. The van der Waals surface area contributed by atoms with E-state index < -0.39 is 0 Å². The molecule has 0 radical (unpaired) electrons. The second kappa shape index (κ2) is 8.85. The molecule has 4 rings (SSSR count). The summed E-state index contributed by atoms with van der Waals surface area (Å²) in [5.41, 5.74) is 8.89. The van der Waals surface area contributed by atoms with Gasteiger partial charge in [-0.25, -0.2) is 14.8 Å². The van der Waals surface area contributed by atoms with Crippen LogP contribution in [-0.4, -0.2) is 63.6 Å². The number of aromatic nitrogens is 3. The molecule has 4 N–H and O–H groups in total. The Bertz CT molecular complexity index is 1070. The second-order valence-corrected chi connectivity index (χ2v) is 8.41. The molecule has 3 aromatic rings. The van der Waals surface area contributed by atoms with E-state index in [-0.39, 0.29) is 12.1 Å². The van der Waals surface area contributed by atoms with Crippen LogP contribution < -0.4 is 16.4 Å². The number of anilines is 2. The van der Waals surface area contributed by atoms with Crippen LogP contribution in [0.15, 0.2) is 36.8 Å². The highest BCUT2D eigenvalue weighted by Gasteiger charge is 2.27. The van der Waals surface area contributed by atoms with Crippen LogP contribution in [0.2, 0.25) is 0 Å². The fourth-order valence-corrected chi connectivity index (χ4v) is 3.96. The van der Waals surface area contributed by atoms with Crippen molar-refractivity contribution in [3.63, 3.8) is 0 Å². The topological polar surface area (TPSA) is 109 Å². The van der Waals surface area contributed by atoms with Crippen LogP contribution in [0.25, 0.3) is 22.0 Å². The summed E-state index contributed by atoms with van der Waals surface area (Å²) in [6.07, 6.45) is 7.26. The van der Waals surface area contributed by atoms with E-state index in [0.29, 0.717) is 11.6 Å². The van der Waals surface area contributed by atoms with Gasteiger partial charge in [-0.15, -0.1) is 0 Å². The van der Waals surface area contributed by atoms with Crippen molar-refractivity contribution in [1.82, 2.24) is 25.2 Å². The summed E-state index contributed by atoms with van der Waals surface area (Å²) in [7, 11) is 0. The highest BCUT2D eigenvalue weighted by molar-refractivity contribution is 7.98. The van der Waals surface area contributed by atoms with Gasteiger partial charge >= 0.3 is 6.03 Å². The van der Waals surface area contributed by atoms with Crippen LogP contribution in [0.4, 0.5) is 16.4 Å². The van der Waals surface area contributed by atoms with Crippen LogP contribution in [0.3, 0.4) is 0 Å². The van der Waals surface area contributed by atoms with Crippen molar-refractivity contribution in [2.24, 2.45) is 0 Å². The molecule has 1 aliphatic heterocycles. The zero-order chi connectivity index (χ0) is 21.1. The zero-order valence-corrected chi connectivity index (χ0v) is 17.9. The molecule has 1 fully saturated rings. The van der Waals surface area contributed by atoms with Crippen molar-refractivity contribution >= 4 is 40.2 Å². The summed E-state index contributed by atoms with van der Waals surface area (Å²) in [5, 5.41) is 7.42. The summed E-state index contributed by atoms with van der Waals surface area (Å²) in [6.45, 7) is 4.83. The number of amides is 2. The fraction of sp³-hybridized carbons (Fsp3) is 0.333. The van der Waals surface area contributed by atoms with Gasteiger partial charge in [0.1, 0.15) is 11.6 Å². The highest BCUT2D eigenvalue weighted by Crippen LogP contribution is 2.28. The number of urea groups is 1. The van der Waals surface area contributed by atoms with Gasteiger partial charge < -0.3 is 11.1 Å². The number of aryl methyl sites for hydroxylation is 1. The van der Waals surface area contributed by atoms with E-state index >= 15 is 0 Å². The van der Waals surface area contributed by atoms with Crippen LogP contribution >= 0.6 is 11.8 Å². The minimum Gasteiger partial charge on any atom is -0.383 e. The number of carbonyl (C=O) groups excluding carboxylic acids is 1. The quantitative estimate of drug-likeness (QED) is 0.559. The number of rotatable bonds is 6. The number of nitrogens with zero attached hydrogens (tertiary/aromatic N) is 4. The Morgan fingerprint density at radius 1 is 1.33 bits per heavy atom. The largest absolute Gasteiger partial charge is 0.383 e. The SMILES string of the molecule is CSCCN1CC(NC(=O)Nc2cc3cc(-c4cnccc4C)nc(N)c3cn2)C1. The normalized spacial score (nSPS) is 14.5. The average molecular weight is 424 g/mol. The smallest absolute Gasteiger partial charge is 0.320 e. The molecule has 0 saturated carbocycles. The van der Waals surface area contributed by atoms with Crippen molar-refractivity contribution < 1.29 is 4.79 Å². The van der Waals surface area contributed by atoms with Gasteiger partial charge in [-0.05, 0) is 42.3 Å². The van der Waals surface area contributed by atoms with Crippen molar-refractivity contribution in [1.29, 1.82) is 0 Å². The van der Waals surface area contributed by atoms with Crippen LogP contribution in [-0.2, 0) is 0 Å². The second-order valence-electron chi connectivity index (χ2n) is 7.42. The van der Waals surface area contributed by atoms with Crippen molar-refractivity contribution in [2.75, 3.05) is 42.7 Å². The molecule has 1 aliphatic rings. The van der Waals surface area contributed by atoms with Gasteiger partial charge in [0.05, 0.1) is 11.7 Å². The number of nitrogens with one attached hydrogen (secondary N) is 2. The summed E-state index contributed by atoms with van der Waals surface area (Å²) in [5.74, 6) is 1.98. The average Bonchev–Trinajstić information content (AvgIpc) is 2.69. The zero-order valence-electron chi connectivity index (χ0n) is 17.1. The van der Waals surface area contributed by atoms with Gasteiger partial charge in [-0.3, -0.25) is 15.2 Å². The van der Waals surface area contributed by atoms with Gasteiger partial charge in [-0.1, -0.05) is 0 Å². The van der Waals surface area contributed by atoms with E-state index in [1.54, 1.807) is 18.6 Å². The summed E-state index contributed by atoms with van der Waals surface area (Å²) in [6, 6.07) is 5.61. The first-order valence-corrected chi connectivity index (χ1v) is 11.2. The first kappa shape index (κ1) is 20.4. The standard InChI is InChI=1S/C21H25N7OS/c1-13-3-4-23-9-16(13)18-7-14-8-19(24-10-17(14)20(22)26-18)27-21(29)25-15-11-28(12-15)5-6-30-2/h3-4,7-10,15H,5-6,11-12H2,1-2H3,(H2,22,26)(H2,24,25,27,29). The molecule has 2 amide bonds. The Labute approximate surface area is 179 Å². The number of carbonyl (C=O) groups is 1. The van der Waals surface area contributed by atoms with E-state index in [1.807, 2.05) is 36.9 Å². The fourth-order valence-electron chi connectivity index (χ4n) is 3.51. The molecular formula is C21H25N7OS. The molecule has 0 aliphatic carbocycles. The monoisotopic (exact) mass is 423 g/mol. The molecule has 1 saturated heterocycles. The third-order valence-electron chi connectivity index (χ3n) is 5.21. The number of thioether (sulfide) groups is 1. The molecule has 0 unspecified atom stereocenters. The summed E-state index contributed by atoms with van der Waals surface area (Å²) >= 11 is 1.83. The lowest BCUT2D eigenvalue weighted by Crippen LogP contribution is -2.60. The van der Waals surface area contributed by atoms with E-state index in [2.05, 4.69) is 36.7 Å². The lowest BCUT2D eigenvalue weighted by Gasteiger charge is -2.39. The minimum absolute atomic E-state index is 0.173. The number of hydrogen-bond donors (Lipinski definition) is 3. The van der Waals surface area contributed by atoms with Gasteiger partial charge in [0.2, 0.25) is 0 Å². The third-order valence-corrected chi connectivity index (χ3v) is 5.80. The van der Waals surface area contributed by atoms with Crippen molar-refractivity contribution in [2.45, 2.75) is 13.0 Å². The van der Waals surface area contributed by atoms with Gasteiger partial charge in [-0.2, -0.15) is 11.8 Å². The maximum Gasteiger partial charge on any atom is 0.320 e. The first-order chi connectivity index (χ1) is 14.5. The molecule has 0 atom stereocenters. The summed E-state index contributed by atoms with van der Waals surface area (Å²) in [4.78, 5) is 27.7. The number of hydrogen-bond acceptors (Lipinski definition) is 7. The maximum atomic E-state index is 12.3. The lowest BCUT2D eigenvalue weighted by atomic mass is 10.1. The molecule has 4 heterocycles. The van der Waals surface area contributed by atoms with Gasteiger partial charge in [0, 0.05) is 54.9 Å². The number of nitrogens with two attached hydrogens (primary N) is 1. The molecule has 9 heteroatoms. The number of likely N-dealkylation sites (tertiary alicyclic amines) is 1. The molecule has 3 aromatic heterocycles. The predicted molar refractivity (Wildman–Crippen MR) is 123 cm³/mol. The van der Waals surface area contributed by atoms with E-state index in [1.165, 1.54) is 0 Å². The van der Waals surface area contributed by atoms with Gasteiger partial charge in [0.15, 0.2) is 0 Å². The number of nitrogen functional groups attached to an aromatic ring is 1. The Kier molecular flexibility index (Phi) is 6.01. The van der Waals surface area contributed by atoms with Crippen LogP contribution in [0, 0.1) is 6.92 Å². The number of pyridine rings is 3. The third kappa shape index (κ3) is 4.47. The molecule has 0 spiro atoms. The van der Waals surface area contributed by atoms with E-state index in [4.69, 9.17) is 5.73 Å². The Balaban J connectivity index is 1.46. The number of fused-ring (bicyclic) bond motifs is 1. The Morgan fingerprint density at radius 2 is 2.17 bits per heavy atom. The van der Waals surface area contributed by atoms with Crippen molar-refractivity contribution in [3.05, 3.63) is 42.4 Å². The maximum absolute atomic E-state index is 12.3. The molecule has 0 bridgehead atoms. The molecule has 0 aromatic carbocycles. The summed E-state index contributed by atoms with van der Waals surface area (Å²) < 4.78 is 0. The minimum atomic E-state index is -0.248. The predicted octanol–water partition coefficient (Wildman–Crippen LogP) is 2.75. The van der Waals surface area contributed by atoms with E-state index in [9.17, 15) is 4.79 Å². The Hall–Kier alpha value is -2.91. The lowest BCUT2D eigenvalue weighted by molar-refractivity contribution is 0.140. The Morgan fingerprint density at radius 3 is 2.93 bits per heavy atom. The molecular weight excluding hydrogens is 398 g/mol. The van der Waals surface area contributed by atoms with Gasteiger partial charge in [0.25, 0.3) is 0 Å². The molecule has 156 valence electrons. The van der Waals surface area contributed by atoms with E-state index in [0.717, 1.165) is 53.0 Å². The van der Waals surface area contributed by atoms with Crippen molar-refractivity contribution in [3.8, 4) is 11.3 Å². The highest BCUT2D eigenvalue weighted by atomic mass is 32.2. The van der Waals surface area contributed by atoms with Crippen LogP contribution in [0.5, 0.6) is 0 Å².